The summed E-state index contributed by atoms with van der Waals surface area (Å²) in [7, 11) is 1.92. The predicted octanol–water partition coefficient (Wildman–Crippen LogP) is 0.947. The van der Waals surface area contributed by atoms with E-state index < -0.39 is 0 Å². The third-order valence-corrected chi connectivity index (χ3v) is 3.69. The van der Waals surface area contributed by atoms with Crippen molar-refractivity contribution in [3.05, 3.63) is 0 Å². The van der Waals surface area contributed by atoms with Crippen molar-refractivity contribution in [2.45, 2.75) is 38.8 Å². The van der Waals surface area contributed by atoms with Crippen LogP contribution >= 0.6 is 0 Å². The monoisotopic (exact) mass is 196 g/mol. The fraction of sp³-hybridized carbons (Fsp3) is 0.909. The quantitative estimate of drug-likeness (QED) is 0.623. The van der Waals surface area contributed by atoms with Crippen LogP contribution in [0.2, 0.25) is 0 Å². The molecule has 0 aromatic rings. The minimum Gasteiger partial charge on any atom is -0.343 e. The average Bonchev–Trinajstić information content (AvgIpc) is 2.48. The second kappa shape index (κ2) is 3.54. The molecule has 14 heavy (non-hydrogen) atoms. The Kier molecular flexibility index (Phi) is 2.52. The molecular formula is C11H20N2O. The van der Waals surface area contributed by atoms with Gasteiger partial charge in [-0.05, 0) is 18.8 Å². The molecule has 0 N–H and O–H groups in total. The Balaban J connectivity index is 2.08. The molecule has 2 aliphatic rings. The molecule has 1 amide bonds. The summed E-state index contributed by atoms with van der Waals surface area (Å²) in [6.45, 7) is 6.09. The molecule has 0 spiro atoms. The lowest BCUT2D eigenvalue weighted by atomic mass is 10.0. The van der Waals surface area contributed by atoms with Crippen molar-refractivity contribution >= 4 is 5.91 Å². The van der Waals surface area contributed by atoms with E-state index in [1.54, 1.807) is 0 Å². The summed E-state index contributed by atoms with van der Waals surface area (Å²) in [6, 6.07) is 1.27. The molecule has 2 atom stereocenters. The first kappa shape index (κ1) is 9.97. The van der Waals surface area contributed by atoms with Crippen LogP contribution in [0.3, 0.4) is 0 Å². The van der Waals surface area contributed by atoms with Crippen molar-refractivity contribution < 1.29 is 4.79 Å². The van der Waals surface area contributed by atoms with Gasteiger partial charge in [0.2, 0.25) is 5.91 Å². The molecule has 3 heteroatoms. The molecule has 0 aliphatic carbocycles. The third kappa shape index (κ3) is 1.54. The number of rotatable bonds is 1. The van der Waals surface area contributed by atoms with Crippen LogP contribution in [0.25, 0.3) is 0 Å². The molecule has 0 aromatic heterocycles. The number of hydrogen-bond donors (Lipinski definition) is 0. The maximum atomic E-state index is 11.6. The number of fused-ring (bicyclic) bond motifs is 1. The van der Waals surface area contributed by atoms with E-state index in [0.29, 0.717) is 24.5 Å². The summed E-state index contributed by atoms with van der Waals surface area (Å²) >= 11 is 0. The number of nitrogens with zero attached hydrogens (tertiary/aromatic N) is 2. The molecule has 0 radical (unpaired) electrons. The second-order valence-electron chi connectivity index (χ2n) is 4.99. The zero-order chi connectivity index (χ0) is 10.3. The number of amides is 1. The molecule has 2 fully saturated rings. The molecule has 2 heterocycles. The van der Waals surface area contributed by atoms with E-state index in [1.807, 2.05) is 11.9 Å². The molecule has 2 rings (SSSR count). The molecule has 2 aliphatic heterocycles. The van der Waals surface area contributed by atoms with Crippen LogP contribution in [0, 0.1) is 5.92 Å². The Bertz CT molecular complexity index is 239. The maximum absolute atomic E-state index is 11.6. The van der Waals surface area contributed by atoms with Gasteiger partial charge in [0, 0.05) is 25.7 Å². The number of carbonyl (C=O) groups excluding carboxylic acids is 1. The first-order valence-electron chi connectivity index (χ1n) is 5.59. The fourth-order valence-electron chi connectivity index (χ4n) is 2.82. The first-order valence-corrected chi connectivity index (χ1v) is 5.59. The van der Waals surface area contributed by atoms with Gasteiger partial charge in [0.25, 0.3) is 0 Å². The zero-order valence-corrected chi connectivity index (χ0v) is 9.36. The van der Waals surface area contributed by atoms with Crippen molar-refractivity contribution in [3.63, 3.8) is 0 Å². The van der Waals surface area contributed by atoms with Gasteiger partial charge in [0.15, 0.2) is 0 Å². The minimum absolute atomic E-state index is 0.286. The highest BCUT2D eigenvalue weighted by molar-refractivity contribution is 5.79. The van der Waals surface area contributed by atoms with E-state index >= 15 is 0 Å². The largest absolute Gasteiger partial charge is 0.343 e. The Hall–Kier alpha value is -0.570. The SMILES string of the molecule is CC(C)C1CCC2CN(C)C(=O)CN21. The van der Waals surface area contributed by atoms with Gasteiger partial charge < -0.3 is 4.90 Å². The van der Waals surface area contributed by atoms with Gasteiger partial charge >= 0.3 is 0 Å². The van der Waals surface area contributed by atoms with Crippen LogP contribution in [0.5, 0.6) is 0 Å². The zero-order valence-electron chi connectivity index (χ0n) is 9.36. The highest BCUT2D eigenvalue weighted by Gasteiger charge is 2.40. The Morgan fingerprint density at radius 1 is 1.36 bits per heavy atom. The van der Waals surface area contributed by atoms with Gasteiger partial charge in [0.05, 0.1) is 6.54 Å². The van der Waals surface area contributed by atoms with Crippen molar-refractivity contribution in [1.29, 1.82) is 0 Å². The molecular weight excluding hydrogens is 176 g/mol. The van der Waals surface area contributed by atoms with E-state index in [4.69, 9.17) is 0 Å². The number of hydrogen-bond acceptors (Lipinski definition) is 2. The summed E-state index contributed by atoms with van der Waals surface area (Å²) in [4.78, 5) is 15.9. The molecule has 0 bridgehead atoms. The fourth-order valence-corrected chi connectivity index (χ4v) is 2.82. The van der Waals surface area contributed by atoms with Gasteiger partial charge in [-0.3, -0.25) is 9.69 Å². The molecule has 2 unspecified atom stereocenters. The van der Waals surface area contributed by atoms with Crippen LogP contribution < -0.4 is 0 Å². The maximum Gasteiger partial charge on any atom is 0.236 e. The number of carbonyl (C=O) groups is 1. The third-order valence-electron chi connectivity index (χ3n) is 3.69. The molecule has 3 nitrogen and oxygen atoms in total. The van der Waals surface area contributed by atoms with E-state index in [0.717, 1.165) is 6.54 Å². The summed E-state index contributed by atoms with van der Waals surface area (Å²) in [5, 5.41) is 0. The topological polar surface area (TPSA) is 23.6 Å². The van der Waals surface area contributed by atoms with Gasteiger partial charge in [-0.1, -0.05) is 13.8 Å². The lowest BCUT2D eigenvalue weighted by Crippen LogP contribution is -2.55. The van der Waals surface area contributed by atoms with Crippen molar-refractivity contribution in [3.8, 4) is 0 Å². The van der Waals surface area contributed by atoms with Crippen LogP contribution in [0.1, 0.15) is 26.7 Å². The van der Waals surface area contributed by atoms with Crippen LogP contribution in [-0.4, -0.2) is 47.9 Å². The minimum atomic E-state index is 0.286. The molecule has 2 saturated heterocycles. The van der Waals surface area contributed by atoms with E-state index in [1.165, 1.54) is 12.8 Å². The summed E-state index contributed by atoms with van der Waals surface area (Å²) < 4.78 is 0. The highest BCUT2D eigenvalue weighted by Crippen LogP contribution is 2.31. The standard InChI is InChI=1S/C11H20N2O/c1-8(2)10-5-4-9-6-12(3)11(14)7-13(9)10/h8-10H,4-7H2,1-3H3. The lowest BCUT2D eigenvalue weighted by Gasteiger charge is -2.39. The van der Waals surface area contributed by atoms with Crippen molar-refractivity contribution in [2.75, 3.05) is 20.1 Å². The molecule has 80 valence electrons. The van der Waals surface area contributed by atoms with Crippen LogP contribution in [0.4, 0.5) is 0 Å². The molecule has 0 aromatic carbocycles. The first-order chi connectivity index (χ1) is 6.59. The summed E-state index contributed by atoms with van der Waals surface area (Å²) in [6.07, 6.45) is 2.53. The van der Waals surface area contributed by atoms with E-state index in [-0.39, 0.29) is 5.91 Å². The summed E-state index contributed by atoms with van der Waals surface area (Å²) in [5.74, 6) is 0.963. The van der Waals surface area contributed by atoms with Gasteiger partial charge in [-0.25, -0.2) is 0 Å². The Morgan fingerprint density at radius 3 is 2.71 bits per heavy atom. The van der Waals surface area contributed by atoms with Crippen LogP contribution in [-0.2, 0) is 4.79 Å². The van der Waals surface area contributed by atoms with E-state index in [9.17, 15) is 4.79 Å². The van der Waals surface area contributed by atoms with Crippen molar-refractivity contribution in [1.82, 2.24) is 9.80 Å². The lowest BCUT2D eigenvalue weighted by molar-refractivity contribution is -0.137. The number of likely N-dealkylation sites (N-methyl/N-ethyl adjacent to an activating group) is 1. The average molecular weight is 196 g/mol. The smallest absolute Gasteiger partial charge is 0.236 e. The van der Waals surface area contributed by atoms with Gasteiger partial charge in [-0.15, -0.1) is 0 Å². The predicted molar refractivity (Wildman–Crippen MR) is 56.0 cm³/mol. The Morgan fingerprint density at radius 2 is 2.07 bits per heavy atom. The normalized spacial score (nSPS) is 34.0. The number of piperazine rings is 1. The van der Waals surface area contributed by atoms with Crippen molar-refractivity contribution in [2.24, 2.45) is 5.92 Å². The highest BCUT2D eigenvalue weighted by atomic mass is 16.2. The van der Waals surface area contributed by atoms with Gasteiger partial charge in [-0.2, -0.15) is 0 Å². The molecule has 0 saturated carbocycles. The van der Waals surface area contributed by atoms with E-state index in [2.05, 4.69) is 18.7 Å². The van der Waals surface area contributed by atoms with Gasteiger partial charge in [0.1, 0.15) is 0 Å². The second-order valence-corrected chi connectivity index (χ2v) is 4.99. The van der Waals surface area contributed by atoms with Crippen LogP contribution in [0.15, 0.2) is 0 Å². The Labute approximate surface area is 86.1 Å². The summed E-state index contributed by atoms with van der Waals surface area (Å²) in [5.41, 5.74) is 0.